The molecule has 1 aliphatic carbocycles. The summed E-state index contributed by atoms with van der Waals surface area (Å²) in [5.74, 6) is 2.75. The molecule has 2 aromatic carbocycles. The number of likely N-dealkylation sites (tertiary alicyclic amines) is 1. The third-order valence-corrected chi connectivity index (χ3v) is 8.77. The van der Waals surface area contributed by atoms with Crippen LogP contribution < -0.4 is 0 Å². The lowest BCUT2D eigenvalue weighted by atomic mass is 9.95. The number of aromatic nitrogens is 4. The van der Waals surface area contributed by atoms with Gasteiger partial charge in [-0.1, -0.05) is 41.6 Å². The number of nitrogens with zero attached hydrogens (tertiary/aromatic N) is 5. The van der Waals surface area contributed by atoms with Crippen molar-refractivity contribution >= 4 is 34.3 Å². The Morgan fingerprint density at radius 3 is 2.79 bits per heavy atom. The Morgan fingerprint density at radius 2 is 1.94 bits per heavy atom. The van der Waals surface area contributed by atoms with Crippen molar-refractivity contribution in [2.75, 3.05) is 25.4 Å². The summed E-state index contributed by atoms with van der Waals surface area (Å²) in [5, 5.41) is 11.9. The molecule has 1 saturated heterocycles. The molecular formula is C27H28ClN5S. The molecule has 2 aliphatic rings. The first-order valence-corrected chi connectivity index (χ1v) is 13.3. The Kier molecular flexibility index (Phi) is 5.63. The highest BCUT2D eigenvalue weighted by atomic mass is 35.5. The van der Waals surface area contributed by atoms with Crippen molar-refractivity contribution in [1.29, 1.82) is 0 Å². The second-order valence-electron chi connectivity index (χ2n) is 9.73. The van der Waals surface area contributed by atoms with Crippen LogP contribution in [0.5, 0.6) is 0 Å². The highest BCUT2D eigenvalue weighted by molar-refractivity contribution is 7.99. The molecule has 0 amide bonds. The number of fused-ring (bicyclic) bond motifs is 2. The predicted octanol–water partition coefficient (Wildman–Crippen LogP) is 5.75. The molecule has 6 rings (SSSR count). The van der Waals surface area contributed by atoms with Gasteiger partial charge in [0.15, 0.2) is 11.0 Å². The first-order valence-electron chi connectivity index (χ1n) is 11.9. The van der Waals surface area contributed by atoms with Crippen molar-refractivity contribution in [2.24, 2.45) is 13.0 Å². The topological polar surface area (TPSA) is 46.8 Å². The van der Waals surface area contributed by atoms with Crippen molar-refractivity contribution in [2.45, 2.75) is 30.3 Å². The molecule has 2 fully saturated rings. The van der Waals surface area contributed by atoms with Gasteiger partial charge < -0.3 is 9.47 Å². The molecule has 7 heteroatoms. The van der Waals surface area contributed by atoms with Crippen LogP contribution >= 0.6 is 23.4 Å². The molecule has 1 aliphatic heterocycles. The molecule has 2 aromatic heterocycles. The van der Waals surface area contributed by atoms with Crippen LogP contribution in [0.3, 0.4) is 0 Å². The predicted molar refractivity (Wildman–Crippen MR) is 139 cm³/mol. The van der Waals surface area contributed by atoms with E-state index in [9.17, 15) is 0 Å². The minimum Gasteiger partial charge on any atom is -0.305 e. The van der Waals surface area contributed by atoms with E-state index in [1.54, 1.807) is 11.8 Å². The molecule has 0 spiro atoms. The van der Waals surface area contributed by atoms with Crippen molar-refractivity contribution in [3.8, 4) is 11.4 Å². The maximum atomic E-state index is 6.09. The summed E-state index contributed by atoms with van der Waals surface area (Å²) in [4.78, 5) is 7.23. The number of pyridine rings is 1. The second-order valence-corrected chi connectivity index (χ2v) is 11.2. The Morgan fingerprint density at radius 1 is 1.09 bits per heavy atom. The zero-order valence-corrected chi connectivity index (χ0v) is 21.1. The standard InChI is InChI=1S/C27H28ClN5S/c1-18-4-5-19-14-20(6-11-24(19)29-18)25-30-31-26(32(25)2)34-13-3-12-33-16-22-15-27(22,17-33)21-7-9-23(28)10-8-21/h4-11,14,22H,3,12-13,15-17H2,1-2H3/t22-,27?/m1/s1. The molecule has 174 valence electrons. The molecule has 34 heavy (non-hydrogen) atoms. The number of thioether (sulfide) groups is 1. The fourth-order valence-electron chi connectivity index (χ4n) is 5.50. The van der Waals surface area contributed by atoms with Gasteiger partial charge in [0, 0.05) is 53.0 Å². The van der Waals surface area contributed by atoms with Gasteiger partial charge in [-0.25, -0.2) is 0 Å². The van der Waals surface area contributed by atoms with E-state index in [0.717, 1.165) is 62.8 Å². The highest BCUT2D eigenvalue weighted by Gasteiger charge is 2.60. The van der Waals surface area contributed by atoms with Gasteiger partial charge in [-0.3, -0.25) is 4.98 Å². The van der Waals surface area contributed by atoms with Crippen LogP contribution in [0.4, 0.5) is 0 Å². The molecule has 3 heterocycles. The summed E-state index contributed by atoms with van der Waals surface area (Å²) in [5.41, 5.74) is 4.96. The lowest BCUT2D eigenvalue weighted by molar-refractivity contribution is 0.299. The smallest absolute Gasteiger partial charge is 0.191 e. The zero-order valence-electron chi connectivity index (χ0n) is 19.5. The fraction of sp³-hybridized carbons (Fsp3) is 0.370. The Balaban J connectivity index is 1.04. The number of aryl methyl sites for hydroxylation is 1. The van der Waals surface area contributed by atoms with Gasteiger partial charge in [0.05, 0.1) is 5.52 Å². The fourth-order valence-corrected chi connectivity index (χ4v) is 6.46. The van der Waals surface area contributed by atoms with Crippen LogP contribution in [-0.2, 0) is 12.5 Å². The van der Waals surface area contributed by atoms with Gasteiger partial charge in [0.2, 0.25) is 0 Å². The van der Waals surface area contributed by atoms with Crippen molar-refractivity contribution < 1.29 is 0 Å². The van der Waals surface area contributed by atoms with Crippen molar-refractivity contribution in [3.05, 3.63) is 70.9 Å². The summed E-state index contributed by atoms with van der Waals surface area (Å²) >= 11 is 7.89. The van der Waals surface area contributed by atoms with Crippen molar-refractivity contribution in [1.82, 2.24) is 24.6 Å². The molecule has 0 N–H and O–H groups in total. The van der Waals surface area contributed by atoms with Crippen LogP contribution in [0.15, 0.2) is 59.8 Å². The summed E-state index contributed by atoms with van der Waals surface area (Å²) in [6, 6.07) is 19.0. The van der Waals surface area contributed by atoms with E-state index in [-0.39, 0.29) is 0 Å². The van der Waals surface area contributed by atoms with Gasteiger partial charge >= 0.3 is 0 Å². The number of hydrogen-bond donors (Lipinski definition) is 0. The van der Waals surface area contributed by atoms with Crippen LogP contribution in [0.25, 0.3) is 22.3 Å². The highest BCUT2D eigenvalue weighted by Crippen LogP contribution is 2.59. The quantitative estimate of drug-likeness (QED) is 0.244. The molecular weight excluding hydrogens is 462 g/mol. The maximum absolute atomic E-state index is 6.09. The number of halogens is 1. The number of piperidine rings is 1. The van der Waals surface area contributed by atoms with E-state index in [4.69, 9.17) is 11.6 Å². The van der Waals surface area contributed by atoms with Gasteiger partial charge in [-0.15, -0.1) is 10.2 Å². The van der Waals surface area contributed by atoms with E-state index in [1.165, 1.54) is 25.1 Å². The van der Waals surface area contributed by atoms with Crippen LogP contribution in [-0.4, -0.2) is 50.0 Å². The summed E-state index contributed by atoms with van der Waals surface area (Å²) in [6.45, 7) is 5.55. The lowest BCUT2D eigenvalue weighted by Gasteiger charge is -2.21. The lowest BCUT2D eigenvalue weighted by Crippen LogP contribution is -2.27. The molecule has 1 saturated carbocycles. The third kappa shape index (κ3) is 4.02. The molecule has 4 aromatic rings. The maximum Gasteiger partial charge on any atom is 0.191 e. The molecule has 0 radical (unpaired) electrons. The summed E-state index contributed by atoms with van der Waals surface area (Å²) < 4.78 is 2.11. The molecule has 5 nitrogen and oxygen atoms in total. The average molecular weight is 490 g/mol. The van der Waals surface area contributed by atoms with Crippen LogP contribution in [0, 0.1) is 12.8 Å². The minimum absolute atomic E-state index is 0.379. The van der Waals surface area contributed by atoms with E-state index < -0.39 is 0 Å². The summed E-state index contributed by atoms with van der Waals surface area (Å²) in [6.07, 6.45) is 2.48. The van der Waals surface area contributed by atoms with E-state index in [0.29, 0.717) is 5.41 Å². The zero-order chi connectivity index (χ0) is 23.3. The average Bonchev–Trinajstić information content (AvgIpc) is 3.21. The number of hydrogen-bond acceptors (Lipinski definition) is 5. The van der Waals surface area contributed by atoms with Gasteiger partial charge in [0.1, 0.15) is 0 Å². The first-order chi connectivity index (χ1) is 16.5. The van der Waals surface area contributed by atoms with E-state index in [2.05, 4.69) is 68.1 Å². The SMILES string of the molecule is Cc1ccc2cc(-c3nnc(SCCCN4C[C@H]5CC5(c5ccc(Cl)cc5)C4)n3C)ccc2n1. The Hall–Kier alpha value is -2.41. The number of rotatable bonds is 7. The largest absolute Gasteiger partial charge is 0.305 e. The number of benzene rings is 2. The monoisotopic (exact) mass is 489 g/mol. The van der Waals surface area contributed by atoms with Gasteiger partial charge in [0.25, 0.3) is 0 Å². The van der Waals surface area contributed by atoms with E-state index in [1.807, 2.05) is 25.1 Å². The minimum atomic E-state index is 0.379. The van der Waals surface area contributed by atoms with Gasteiger partial charge in [-0.2, -0.15) is 0 Å². The van der Waals surface area contributed by atoms with Crippen LogP contribution in [0.2, 0.25) is 5.02 Å². The Bertz CT molecular complexity index is 1350. The summed E-state index contributed by atoms with van der Waals surface area (Å²) in [7, 11) is 2.05. The van der Waals surface area contributed by atoms with Gasteiger partial charge in [-0.05, 0) is 74.2 Å². The van der Waals surface area contributed by atoms with Crippen LogP contribution in [0.1, 0.15) is 24.1 Å². The normalized spacial score (nSPS) is 21.8. The molecule has 1 unspecified atom stereocenters. The first kappa shape index (κ1) is 22.1. The Labute approximate surface area is 209 Å². The van der Waals surface area contributed by atoms with Crippen molar-refractivity contribution in [3.63, 3.8) is 0 Å². The van der Waals surface area contributed by atoms with E-state index >= 15 is 0 Å². The second kappa shape index (κ2) is 8.67. The molecule has 0 bridgehead atoms. The molecule has 2 atom stereocenters. The third-order valence-electron chi connectivity index (χ3n) is 7.41.